The van der Waals surface area contributed by atoms with Crippen molar-refractivity contribution in [3.05, 3.63) is 54.7 Å². The molecule has 114 valence electrons. The summed E-state index contributed by atoms with van der Waals surface area (Å²) in [6.07, 6.45) is 3.95. The van der Waals surface area contributed by atoms with Crippen molar-refractivity contribution >= 4 is 22.6 Å². The summed E-state index contributed by atoms with van der Waals surface area (Å²) in [6.45, 7) is 5.66. The Balaban J connectivity index is 1.86. The van der Waals surface area contributed by atoms with Crippen molar-refractivity contribution in [2.45, 2.75) is 19.4 Å². The highest BCUT2D eigenvalue weighted by molar-refractivity contribution is 6.04. The van der Waals surface area contributed by atoms with Crippen molar-refractivity contribution in [3.8, 4) is 11.3 Å². The standard InChI is InChI=1S/C18H16N4O/c1-3-16(23)22-11(2)9-12-6-7-13(10-15(12)22)17-14-5-4-8-19-18(14)21-20-17/h3-8,10-11H,1,9H2,2H3,(H,19,20,21)/t11-/m1/s1. The fourth-order valence-corrected chi connectivity index (χ4v) is 3.27. The van der Waals surface area contributed by atoms with E-state index in [1.54, 1.807) is 6.20 Å². The molecule has 0 spiro atoms. The predicted octanol–water partition coefficient (Wildman–Crippen LogP) is 3.09. The van der Waals surface area contributed by atoms with Gasteiger partial charge in [-0.25, -0.2) is 4.98 Å². The third-order valence-corrected chi connectivity index (χ3v) is 4.33. The molecule has 1 atom stereocenters. The van der Waals surface area contributed by atoms with Gasteiger partial charge in [0, 0.05) is 28.9 Å². The highest BCUT2D eigenvalue weighted by atomic mass is 16.2. The van der Waals surface area contributed by atoms with Crippen molar-refractivity contribution in [1.29, 1.82) is 0 Å². The molecule has 0 bridgehead atoms. The molecule has 5 heteroatoms. The number of nitrogens with one attached hydrogen (secondary N) is 1. The average molecular weight is 304 g/mol. The summed E-state index contributed by atoms with van der Waals surface area (Å²) in [4.78, 5) is 18.2. The molecule has 1 aliphatic rings. The second kappa shape index (κ2) is 5.05. The monoisotopic (exact) mass is 304 g/mol. The Hall–Kier alpha value is -2.95. The van der Waals surface area contributed by atoms with E-state index in [1.807, 2.05) is 23.1 Å². The lowest BCUT2D eigenvalue weighted by Crippen LogP contribution is -2.34. The Morgan fingerprint density at radius 1 is 1.43 bits per heavy atom. The first kappa shape index (κ1) is 13.7. The number of hydrogen-bond acceptors (Lipinski definition) is 3. The zero-order chi connectivity index (χ0) is 16.0. The van der Waals surface area contributed by atoms with Crippen LogP contribution in [0.1, 0.15) is 12.5 Å². The van der Waals surface area contributed by atoms with Crippen LogP contribution in [-0.4, -0.2) is 27.1 Å². The smallest absolute Gasteiger partial charge is 0.250 e. The number of aromatic nitrogens is 3. The van der Waals surface area contributed by atoms with Gasteiger partial charge in [0.15, 0.2) is 5.65 Å². The van der Waals surface area contributed by atoms with Crippen LogP contribution >= 0.6 is 0 Å². The molecule has 0 saturated heterocycles. The van der Waals surface area contributed by atoms with Crippen molar-refractivity contribution in [2.75, 3.05) is 4.90 Å². The van der Waals surface area contributed by atoms with Gasteiger partial charge in [0.05, 0.1) is 5.69 Å². The van der Waals surface area contributed by atoms with Gasteiger partial charge in [-0.1, -0.05) is 18.7 Å². The second-order valence-electron chi connectivity index (χ2n) is 5.78. The van der Waals surface area contributed by atoms with E-state index in [1.165, 1.54) is 11.6 Å². The number of rotatable bonds is 2. The molecule has 23 heavy (non-hydrogen) atoms. The minimum atomic E-state index is -0.0652. The lowest BCUT2D eigenvalue weighted by Gasteiger charge is -2.21. The Bertz CT molecular complexity index is 928. The molecule has 4 rings (SSSR count). The van der Waals surface area contributed by atoms with Crippen LogP contribution in [0.15, 0.2) is 49.2 Å². The van der Waals surface area contributed by atoms with Crippen molar-refractivity contribution in [1.82, 2.24) is 15.2 Å². The average Bonchev–Trinajstić information content (AvgIpc) is 3.13. The quantitative estimate of drug-likeness (QED) is 0.740. The molecule has 1 N–H and O–H groups in total. The maximum Gasteiger partial charge on any atom is 0.250 e. The van der Waals surface area contributed by atoms with E-state index in [0.29, 0.717) is 5.65 Å². The Morgan fingerprint density at radius 2 is 2.30 bits per heavy atom. The molecule has 3 heterocycles. The SMILES string of the molecule is C=CC(=O)N1c2cc(-c3[nH]nc4ncccc34)ccc2C[C@H]1C. The van der Waals surface area contributed by atoms with Crippen molar-refractivity contribution in [3.63, 3.8) is 0 Å². The molecule has 1 aliphatic heterocycles. The molecule has 1 aromatic carbocycles. The van der Waals surface area contributed by atoms with Gasteiger partial charge in [-0.05, 0) is 43.2 Å². The van der Waals surface area contributed by atoms with Crippen LogP contribution in [0.3, 0.4) is 0 Å². The van der Waals surface area contributed by atoms with Crippen molar-refractivity contribution in [2.24, 2.45) is 0 Å². The van der Waals surface area contributed by atoms with Gasteiger partial charge >= 0.3 is 0 Å². The minimum Gasteiger partial charge on any atom is -0.305 e. The minimum absolute atomic E-state index is 0.0652. The van der Waals surface area contributed by atoms with Gasteiger partial charge in [0.25, 0.3) is 5.91 Å². The Kier molecular flexibility index (Phi) is 3.01. The Morgan fingerprint density at radius 3 is 3.13 bits per heavy atom. The number of hydrogen-bond donors (Lipinski definition) is 1. The lowest BCUT2D eigenvalue weighted by atomic mass is 10.0. The van der Waals surface area contributed by atoms with E-state index in [0.717, 1.165) is 28.8 Å². The van der Waals surface area contributed by atoms with Crippen molar-refractivity contribution < 1.29 is 4.79 Å². The van der Waals surface area contributed by atoms with Crippen LogP contribution in [0.4, 0.5) is 5.69 Å². The number of fused-ring (bicyclic) bond motifs is 2. The first-order chi connectivity index (χ1) is 11.2. The van der Waals surface area contributed by atoms with E-state index in [4.69, 9.17) is 0 Å². The maximum absolute atomic E-state index is 12.2. The normalized spacial score (nSPS) is 16.6. The number of nitrogens with zero attached hydrogens (tertiary/aromatic N) is 3. The predicted molar refractivity (Wildman–Crippen MR) is 90.2 cm³/mol. The summed E-state index contributed by atoms with van der Waals surface area (Å²) >= 11 is 0. The van der Waals surface area contributed by atoms with Gasteiger partial charge < -0.3 is 4.90 Å². The molecule has 0 aliphatic carbocycles. The van der Waals surface area contributed by atoms with Crippen LogP contribution in [0.5, 0.6) is 0 Å². The number of amides is 1. The summed E-state index contributed by atoms with van der Waals surface area (Å²) in [7, 11) is 0. The molecule has 3 aromatic rings. The third kappa shape index (κ3) is 2.04. The number of anilines is 1. The van der Waals surface area contributed by atoms with Gasteiger partial charge in [0.2, 0.25) is 0 Å². The topological polar surface area (TPSA) is 61.9 Å². The number of aromatic amines is 1. The molecule has 2 aromatic heterocycles. The summed E-state index contributed by atoms with van der Waals surface area (Å²) in [5.74, 6) is -0.0652. The van der Waals surface area contributed by atoms with Gasteiger partial charge in [-0.2, -0.15) is 5.10 Å². The molecule has 0 radical (unpaired) electrons. The molecular formula is C18H16N4O. The number of carbonyl (C=O) groups excluding carboxylic acids is 1. The van der Waals surface area contributed by atoms with Crippen LogP contribution in [0.2, 0.25) is 0 Å². The molecule has 0 fully saturated rings. The molecule has 0 unspecified atom stereocenters. The molecular weight excluding hydrogens is 288 g/mol. The Labute approximate surface area is 133 Å². The van der Waals surface area contributed by atoms with Gasteiger partial charge in [-0.3, -0.25) is 9.89 Å². The van der Waals surface area contributed by atoms with Gasteiger partial charge in [-0.15, -0.1) is 0 Å². The molecule has 0 saturated carbocycles. The number of pyridine rings is 1. The van der Waals surface area contributed by atoms with Crippen LogP contribution in [-0.2, 0) is 11.2 Å². The van der Waals surface area contributed by atoms with Crippen LogP contribution < -0.4 is 4.90 Å². The van der Waals surface area contributed by atoms with E-state index >= 15 is 0 Å². The molecule has 1 amide bonds. The zero-order valence-corrected chi connectivity index (χ0v) is 12.8. The summed E-state index contributed by atoms with van der Waals surface area (Å²) in [6, 6.07) is 10.2. The summed E-state index contributed by atoms with van der Waals surface area (Å²) in [5, 5.41) is 8.27. The van der Waals surface area contributed by atoms with E-state index < -0.39 is 0 Å². The number of benzene rings is 1. The zero-order valence-electron chi connectivity index (χ0n) is 12.8. The first-order valence-corrected chi connectivity index (χ1v) is 7.57. The largest absolute Gasteiger partial charge is 0.305 e. The highest BCUT2D eigenvalue weighted by Gasteiger charge is 2.30. The third-order valence-electron chi connectivity index (χ3n) is 4.33. The summed E-state index contributed by atoms with van der Waals surface area (Å²) < 4.78 is 0. The first-order valence-electron chi connectivity index (χ1n) is 7.57. The molecule has 5 nitrogen and oxygen atoms in total. The van der Waals surface area contributed by atoms with E-state index in [-0.39, 0.29) is 11.9 Å². The number of carbonyl (C=O) groups is 1. The lowest BCUT2D eigenvalue weighted by molar-refractivity contribution is -0.114. The second-order valence-corrected chi connectivity index (χ2v) is 5.78. The maximum atomic E-state index is 12.2. The number of H-pyrrole nitrogens is 1. The fourth-order valence-electron chi connectivity index (χ4n) is 3.27. The highest BCUT2D eigenvalue weighted by Crippen LogP contribution is 2.36. The summed E-state index contributed by atoms with van der Waals surface area (Å²) in [5.41, 5.74) is 4.73. The fraction of sp³-hybridized carbons (Fsp3) is 0.167. The van der Waals surface area contributed by atoms with Gasteiger partial charge in [0.1, 0.15) is 0 Å². The van der Waals surface area contributed by atoms with Crippen LogP contribution in [0, 0.1) is 0 Å². The van der Waals surface area contributed by atoms with E-state index in [2.05, 4.69) is 40.8 Å². The van der Waals surface area contributed by atoms with Crippen LogP contribution in [0.25, 0.3) is 22.3 Å². The van der Waals surface area contributed by atoms with E-state index in [9.17, 15) is 4.79 Å².